The quantitative estimate of drug-likeness (QED) is 0.262. The Morgan fingerprint density at radius 1 is 0.902 bits per heavy atom. The van der Waals surface area contributed by atoms with E-state index in [9.17, 15) is 14.0 Å². The largest absolute Gasteiger partial charge is 0.497 e. The summed E-state index contributed by atoms with van der Waals surface area (Å²) in [5.41, 5.74) is 2.54. The average molecular weight is 554 g/mol. The number of carbonyl (C=O) groups excluding carboxylic acids is 2. The second-order valence-corrected chi connectivity index (χ2v) is 9.25. The molecule has 0 spiro atoms. The standard InChI is InChI=1S/C31H28FN5O4/c1-40-24-16-14-23(15-17-24)33-31(39)30(21-9-7-10-25(18-21)41-2)36(19-22-8-3-4-11-26(22)32)29(38)20-37-28-13-6-5-12-27(28)34-35-37/h3-18,30H,19-20H2,1-2H3,(H,33,39)/t30-/m0/s1. The van der Waals surface area contributed by atoms with Crippen LogP contribution in [0.3, 0.4) is 0 Å². The van der Waals surface area contributed by atoms with Gasteiger partial charge in [-0.15, -0.1) is 5.10 Å². The number of anilines is 1. The number of para-hydroxylation sites is 1. The molecular weight excluding hydrogens is 525 g/mol. The first-order valence-corrected chi connectivity index (χ1v) is 12.9. The van der Waals surface area contributed by atoms with Crippen LogP contribution in [0.4, 0.5) is 10.1 Å². The Morgan fingerprint density at radius 3 is 2.39 bits per heavy atom. The van der Waals surface area contributed by atoms with Crippen molar-refractivity contribution < 1.29 is 23.5 Å². The molecule has 0 saturated heterocycles. The Hall–Kier alpha value is -5.25. The average Bonchev–Trinajstić information content (AvgIpc) is 3.41. The lowest BCUT2D eigenvalue weighted by molar-refractivity contribution is -0.140. The van der Waals surface area contributed by atoms with Gasteiger partial charge in [-0.3, -0.25) is 9.59 Å². The maximum atomic E-state index is 14.9. The number of benzene rings is 4. The van der Waals surface area contributed by atoms with Gasteiger partial charge in [0, 0.05) is 17.8 Å². The van der Waals surface area contributed by atoms with Crippen molar-refractivity contribution in [1.82, 2.24) is 19.9 Å². The molecule has 9 nitrogen and oxygen atoms in total. The third kappa shape index (κ3) is 6.17. The number of nitrogens with one attached hydrogen (secondary N) is 1. The van der Waals surface area contributed by atoms with Crippen molar-refractivity contribution in [2.24, 2.45) is 0 Å². The number of nitrogens with zero attached hydrogens (tertiary/aromatic N) is 4. The van der Waals surface area contributed by atoms with Gasteiger partial charge in [0.25, 0.3) is 5.91 Å². The molecular formula is C31H28FN5O4. The SMILES string of the molecule is COc1ccc(NC(=O)[C@H](c2cccc(OC)c2)N(Cc2ccccc2F)C(=O)Cn2nnc3ccccc32)cc1. The van der Waals surface area contributed by atoms with Crippen LogP contribution in [-0.2, 0) is 22.7 Å². The van der Waals surface area contributed by atoms with Crippen molar-refractivity contribution in [3.63, 3.8) is 0 Å². The van der Waals surface area contributed by atoms with Gasteiger partial charge < -0.3 is 19.7 Å². The zero-order chi connectivity index (χ0) is 28.8. The molecule has 5 aromatic rings. The molecule has 208 valence electrons. The first-order valence-electron chi connectivity index (χ1n) is 12.9. The van der Waals surface area contributed by atoms with Gasteiger partial charge in [-0.05, 0) is 60.2 Å². The number of hydrogen-bond donors (Lipinski definition) is 1. The molecule has 1 N–H and O–H groups in total. The Morgan fingerprint density at radius 2 is 1.63 bits per heavy atom. The highest BCUT2D eigenvalue weighted by Crippen LogP contribution is 2.29. The summed E-state index contributed by atoms with van der Waals surface area (Å²) in [6.45, 7) is -0.388. The van der Waals surface area contributed by atoms with Gasteiger partial charge in [0.05, 0.1) is 19.7 Å². The van der Waals surface area contributed by atoms with E-state index in [0.717, 1.165) is 0 Å². The summed E-state index contributed by atoms with van der Waals surface area (Å²) in [5.74, 6) is -0.302. The second-order valence-electron chi connectivity index (χ2n) is 9.25. The lowest BCUT2D eigenvalue weighted by Gasteiger charge is -2.32. The summed E-state index contributed by atoms with van der Waals surface area (Å²) < 4.78 is 27.0. The number of carbonyl (C=O) groups is 2. The van der Waals surface area contributed by atoms with E-state index in [1.165, 1.54) is 22.8 Å². The minimum absolute atomic E-state index is 0.171. The smallest absolute Gasteiger partial charge is 0.251 e. The summed E-state index contributed by atoms with van der Waals surface area (Å²) >= 11 is 0. The minimum Gasteiger partial charge on any atom is -0.497 e. The third-order valence-corrected chi connectivity index (χ3v) is 6.65. The molecule has 0 aliphatic carbocycles. The van der Waals surface area contributed by atoms with Gasteiger partial charge >= 0.3 is 0 Å². The minimum atomic E-state index is -1.14. The van der Waals surface area contributed by atoms with Gasteiger partial charge in [0.1, 0.15) is 35.4 Å². The van der Waals surface area contributed by atoms with Crippen LogP contribution < -0.4 is 14.8 Å². The van der Waals surface area contributed by atoms with Crippen LogP contribution in [0, 0.1) is 5.82 Å². The van der Waals surface area contributed by atoms with E-state index in [2.05, 4.69) is 15.6 Å². The van der Waals surface area contributed by atoms with Gasteiger partial charge in [0.2, 0.25) is 5.91 Å². The summed E-state index contributed by atoms with van der Waals surface area (Å²) in [4.78, 5) is 29.4. The highest BCUT2D eigenvalue weighted by atomic mass is 19.1. The molecule has 5 rings (SSSR count). The number of fused-ring (bicyclic) bond motifs is 1. The number of halogens is 1. The van der Waals surface area contributed by atoms with E-state index in [1.54, 1.807) is 86.0 Å². The first-order chi connectivity index (χ1) is 20.0. The van der Waals surface area contributed by atoms with Crippen LogP contribution in [0.15, 0.2) is 97.1 Å². The predicted molar refractivity (Wildman–Crippen MR) is 152 cm³/mol. The molecule has 1 aromatic heterocycles. The van der Waals surface area contributed by atoms with Gasteiger partial charge in [-0.1, -0.05) is 47.7 Å². The van der Waals surface area contributed by atoms with Crippen LogP contribution in [0.25, 0.3) is 11.0 Å². The van der Waals surface area contributed by atoms with Crippen LogP contribution in [0.1, 0.15) is 17.2 Å². The van der Waals surface area contributed by atoms with Crippen molar-refractivity contribution in [1.29, 1.82) is 0 Å². The van der Waals surface area contributed by atoms with Gasteiger partial charge in [0.15, 0.2) is 0 Å². The van der Waals surface area contributed by atoms with E-state index in [-0.39, 0.29) is 18.7 Å². The van der Waals surface area contributed by atoms with Crippen LogP contribution in [0.5, 0.6) is 11.5 Å². The number of methoxy groups -OCH3 is 2. The zero-order valence-corrected chi connectivity index (χ0v) is 22.5. The van der Waals surface area contributed by atoms with Crippen molar-refractivity contribution in [3.05, 3.63) is 114 Å². The predicted octanol–water partition coefficient (Wildman–Crippen LogP) is 5.00. The van der Waals surface area contributed by atoms with E-state index in [0.29, 0.717) is 33.8 Å². The highest BCUT2D eigenvalue weighted by Gasteiger charge is 2.33. The normalized spacial score (nSPS) is 11.6. The number of amides is 2. The van der Waals surface area contributed by atoms with Crippen molar-refractivity contribution >= 4 is 28.5 Å². The lowest BCUT2D eigenvalue weighted by atomic mass is 10.0. The maximum absolute atomic E-state index is 14.9. The summed E-state index contributed by atoms with van der Waals surface area (Å²) in [6.07, 6.45) is 0. The molecule has 1 heterocycles. The number of aromatic nitrogens is 3. The topological polar surface area (TPSA) is 98.6 Å². The number of ether oxygens (including phenoxy) is 2. The van der Waals surface area contributed by atoms with E-state index >= 15 is 0 Å². The van der Waals surface area contributed by atoms with Crippen LogP contribution >= 0.6 is 0 Å². The fourth-order valence-electron chi connectivity index (χ4n) is 4.56. The molecule has 0 unspecified atom stereocenters. The Balaban J connectivity index is 1.57. The second kappa shape index (κ2) is 12.3. The molecule has 0 aliphatic rings. The van der Waals surface area contributed by atoms with Gasteiger partial charge in [-0.25, -0.2) is 9.07 Å². The summed E-state index contributed by atoms with van der Waals surface area (Å²) in [5, 5.41) is 11.2. The molecule has 41 heavy (non-hydrogen) atoms. The monoisotopic (exact) mass is 553 g/mol. The Labute approximate surface area is 236 Å². The Bertz CT molecular complexity index is 1670. The number of rotatable bonds is 10. The van der Waals surface area contributed by atoms with E-state index in [4.69, 9.17) is 9.47 Å². The number of hydrogen-bond acceptors (Lipinski definition) is 6. The molecule has 0 saturated carbocycles. The third-order valence-electron chi connectivity index (χ3n) is 6.65. The zero-order valence-electron chi connectivity index (χ0n) is 22.5. The first kappa shape index (κ1) is 27.3. The summed E-state index contributed by atoms with van der Waals surface area (Å²) in [6, 6.07) is 26.0. The molecule has 0 radical (unpaired) electrons. The summed E-state index contributed by atoms with van der Waals surface area (Å²) in [7, 11) is 3.07. The van der Waals surface area contributed by atoms with Crippen LogP contribution in [-0.4, -0.2) is 45.9 Å². The van der Waals surface area contributed by atoms with Crippen molar-refractivity contribution in [2.45, 2.75) is 19.1 Å². The molecule has 10 heteroatoms. The van der Waals surface area contributed by atoms with Crippen molar-refractivity contribution in [2.75, 3.05) is 19.5 Å². The Kier molecular flexibility index (Phi) is 8.19. The highest BCUT2D eigenvalue weighted by molar-refractivity contribution is 5.98. The van der Waals surface area contributed by atoms with Gasteiger partial charge in [-0.2, -0.15) is 0 Å². The fourth-order valence-corrected chi connectivity index (χ4v) is 4.56. The van der Waals surface area contributed by atoms with Crippen molar-refractivity contribution in [3.8, 4) is 11.5 Å². The van der Waals surface area contributed by atoms with E-state index in [1.807, 2.05) is 12.1 Å². The molecule has 1 atom stereocenters. The van der Waals surface area contributed by atoms with E-state index < -0.39 is 23.7 Å². The lowest BCUT2D eigenvalue weighted by Crippen LogP contribution is -2.42. The molecule has 4 aromatic carbocycles. The maximum Gasteiger partial charge on any atom is 0.251 e. The molecule has 0 bridgehead atoms. The molecule has 2 amide bonds. The molecule has 0 aliphatic heterocycles. The fraction of sp³-hybridized carbons (Fsp3) is 0.161. The van der Waals surface area contributed by atoms with Crippen LogP contribution in [0.2, 0.25) is 0 Å². The molecule has 0 fully saturated rings.